The van der Waals surface area contributed by atoms with E-state index in [2.05, 4.69) is 36.8 Å². The van der Waals surface area contributed by atoms with E-state index in [1.807, 2.05) is 10.6 Å². The van der Waals surface area contributed by atoms with Crippen molar-refractivity contribution >= 4 is 11.0 Å². The highest BCUT2D eigenvalue weighted by atomic mass is 16.2. The van der Waals surface area contributed by atoms with Crippen LogP contribution in [-0.2, 0) is 13.6 Å². The van der Waals surface area contributed by atoms with Crippen molar-refractivity contribution in [3.05, 3.63) is 44.1 Å². The average Bonchev–Trinajstić information content (AvgIpc) is 2.88. The lowest BCUT2D eigenvalue weighted by atomic mass is 10.0. The van der Waals surface area contributed by atoms with E-state index in [1.165, 1.54) is 103 Å². The van der Waals surface area contributed by atoms with Crippen molar-refractivity contribution in [2.75, 3.05) is 0 Å². The largest absolute Gasteiger partial charge is 0.352 e. The van der Waals surface area contributed by atoms with Crippen LogP contribution >= 0.6 is 0 Å². The highest BCUT2D eigenvalue weighted by molar-refractivity contribution is 5.81. The van der Waals surface area contributed by atoms with Crippen LogP contribution < -0.4 is 11.2 Å². The van der Waals surface area contributed by atoms with Gasteiger partial charge >= 0.3 is 5.69 Å². The molecular weight excluding hydrogens is 460 g/mol. The van der Waals surface area contributed by atoms with Crippen LogP contribution in [0.4, 0.5) is 0 Å². The number of rotatable bonds is 17. The minimum Gasteiger partial charge on any atom is -0.322 e. The van der Waals surface area contributed by atoms with Crippen LogP contribution in [0.2, 0.25) is 0 Å². The van der Waals surface area contributed by atoms with Crippen LogP contribution in [0.15, 0.2) is 21.7 Å². The summed E-state index contributed by atoms with van der Waals surface area (Å²) in [6.07, 6.45) is 21.3. The Hall–Kier alpha value is -2.50. The van der Waals surface area contributed by atoms with Gasteiger partial charge in [-0.15, -0.1) is 0 Å². The minimum absolute atomic E-state index is 0.273. The first-order chi connectivity index (χ1) is 17.9. The summed E-state index contributed by atoms with van der Waals surface area (Å²) < 4.78 is 3.08. The van der Waals surface area contributed by atoms with E-state index in [4.69, 9.17) is 0 Å². The summed E-state index contributed by atoms with van der Waals surface area (Å²) >= 11 is 0. The van der Waals surface area contributed by atoms with E-state index < -0.39 is 5.69 Å². The average molecular weight is 509 g/mol. The first-order valence-electron chi connectivity index (χ1n) is 14.8. The van der Waals surface area contributed by atoms with Crippen LogP contribution in [0.25, 0.3) is 22.6 Å². The second-order valence-electron chi connectivity index (χ2n) is 10.9. The molecule has 1 aromatic rings. The van der Waals surface area contributed by atoms with Gasteiger partial charge in [0.2, 0.25) is 0 Å². The van der Waals surface area contributed by atoms with E-state index in [0.29, 0.717) is 5.82 Å². The van der Waals surface area contributed by atoms with Crippen LogP contribution in [0.5, 0.6) is 0 Å². The fourth-order valence-corrected chi connectivity index (χ4v) is 5.22. The minimum atomic E-state index is -0.525. The molecule has 0 atom stereocenters. The summed E-state index contributed by atoms with van der Waals surface area (Å²) in [6, 6.07) is 4.13. The van der Waals surface area contributed by atoms with E-state index in [9.17, 15) is 9.59 Å². The van der Waals surface area contributed by atoms with Gasteiger partial charge in [-0.1, -0.05) is 103 Å². The monoisotopic (exact) mass is 508 g/mol. The molecule has 0 saturated carbocycles. The number of aryl methyl sites for hydroxylation is 3. The fourth-order valence-electron chi connectivity index (χ4n) is 5.22. The van der Waals surface area contributed by atoms with Crippen molar-refractivity contribution in [2.24, 2.45) is 7.05 Å². The van der Waals surface area contributed by atoms with E-state index in [0.717, 1.165) is 40.6 Å². The molecule has 0 spiro atoms. The van der Waals surface area contributed by atoms with Gasteiger partial charge in [0.1, 0.15) is 0 Å². The normalized spacial score (nSPS) is 11.7. The maximum Gasteiger partial charge on any atom is 0.352 e. The molecule has 2 aliphatic heterocycles. The second kappa shape index (κ2) is 15.0. The second-order valence-corrected chi connectivity index (χ2v) is 10.9. The topological polar surface area (TPSA) is 69.8 Å². The predicted octanol–water partition coefficient (Wildman–Crippen LogP) is 7.47. The molecule has 37 heavy (non-hydrogen) atoms. The molecule has 0 amide bonds. The number of aromatic nitrogens is 4. The summed E-state index contributed by atoms with van der Waals surface area (Å²) in [7, 11) is 1.46. The molecular formula is C31H48N4O2. The third-order valence-electron chi connectivity index (χ3n) is 7.81. The molecule has 204 valence electrons. The van der Waals surface area contributed by atoms with Crippen molar-refractivity contribution < 1.29 is 0 Å². The van der Waals surface area contributed by atoms with Crippen LogP contribution in [0.1, 0.15) is 121 Å². The number of fused-ring (bicyclic) bond motifs is 2. The Bertz CT molecular complexity index is 1210. The molecule has 0 aromatic heterocycles. The van der Waals surface area contributed by atoms with Gasteiger partial charge in [-0.3, -0.25) is 9.36 Å². The lowest BCUT2D eigenvalue weighted by Crippen LogP contribution is -2.36. The molecule has 0 N–H and O–H groups in total. The van der Waals surface area contributed by atoms with Crippen molar-refractivity contribution in [2.45, 2.75) is 130 Å². The molecule has 3 rings (SSSR count). The quantitative estimate of drug-likeness (QED) is 0.140. The molecule has 0 unspecified atom stereocenters. The van der Waals surface area contributed by atoms with Crippen molar-refractivity contribution in [1.29, 1.82) is 0 Å². The standard InChI is InChI=1S/C31H48N4O2/c1-5-6-7-8-9-10-11-12-13-14-15-16-17-18-19-20-21-35-27-23-25(3)24(2)22-26(27)32-28-29(35)33-31(37)34(4)30(28)36/h22-23H,5-21H2,1-4H3. The molecule has 0 fully saturated rings. The Balaban J connectivity index is 1.43. The summed E-state index contributed by atoms with van der Waals surface area (Å²) in [6.45, 7) is 7.14. The van der Waals surface area contributed by atoms with Crippen molar-refractivity contribution in [1.82, 2.24) is 19.1 Å². The molecule has 1 aromatic carbocycles. The smallest absolute Gasteiger partial charge is 0.322 e. The van der Waals surface area contributed by atoms with Gasteiger partial charge in [-0.05, 0) is 43.5 Å². The lowest BCUT2D eigenvalue weighted by Gasteiger charge is -2.18. The highest BCUT2D eigenvalue weighted by Crippen LogP contribution is 2.24. The van der Waals surface area contributed by atoms with Gasteiger partial charge in [0.25, 0.3) is 5.56 Å². The van der Waals surface area contributed by atoms with Gasteiger partial charge < -0.3 is 4.57 Å². The third-order valence-corrected chi connectivity index (χ3v) is 7.81. The SMILES string of the molecule is CCCCCCCCCCCCCCCCCCn1c2nc(=O)n(C)c(=O)c-2nc2cc(C)c(C)cc21. The van der Waals surface area contributed by atoms with E-state index in [1.54, 1.807) is 0 Å². The number of hydrogen-bond acceptors (Lipinski definition) is 4. The molecule has 2 heterocycles. The predicted molar refractivity (Wildman–Crippen MR) is 155 cm³/mol. The van der Waals surface area contributed by atoms with Crippen molar-refractivity contribution in [3.8, 4) is 11.5 Å². The van der Waals surface area contributed by atoms with Gasteiger partial charge in [0, 0.05) is 13.6 Å². The number of hydrogen-bond donors (Lipinski definition) is 0. The summed E-state index contributed by atoms with van der Waals surface area (Å²) in [5, 5.41) is 0. The molecule has 6 nitrogen and oxygen atoms in total. The molecule has 0 saturated heterocycles. The maximum absolute atomic E-state index is 12.8. The van der Waals surface area contributed by atoms with Gasteiger partial charge in [0.05, 0.1) is 11.0 Å². The van der Waals surface area contributed by atoms with Gasteiger partial charge in [-0.25, -0.2) is 9.78 Å². The first-order valence-corrected chi connectivity index (χ1v) is 14.8. The summed E-state index contributed by atoms with van der Waals surface area (Å²) in [5.74, 6) is 0.407. The molecule has 0 aliphatic carbocycles. The number of nitrogens with zero attached hydrogens (tertiary/aromatic N) is 4. The first kappa shape index (κ1) is 29.1. The third kappa shape index (κ3) is 8.24. The molecule has 2 aliphatic rings. The molecule has 6 heteroatoms. The zero-order valence-corrected chi connectivity index (χ0v) is 23.8. The summed E-state index contributed by atoms with van der Waals surface area (Å²) in [5.41, 5.74) is 3.40. The van der Waals surface area contributed by atoms with Crippen LogP contribution in [0.3, 0.4) is 0 Å². The van der Waals surface area contributed by atoms with Crippen molar-refractivity contribution in [3.63, 3.8) is 0 Å². The maximum atomic E-state index is 12.8. The van der Waals surface area contributed by atoms with Gasteiger partial charge in [-0.2, -0.15) is 4.98 Å². The molecule has 0 radical (unpaired) electrons. The number of benzene rings is 1. The van der Waals surface area contributed by atoms with Crippen LogP contribution in [-0.4, -0.2) is 19.1 Å². The summed E-state index contributed by atoms with van der Waals surface area (Å²) in [4.78, 5) is 33.9. The number of unbranched alkanes of at least 4 members (excludes halogenated alkanes) is 15. The van der Waals surface area contributed by atoms with E-state index in [-0.39, 0.29) is 11.3 Å². The Labute approximate surface area is 222 Å². The highest BCUT2D eigenvalue weighted by Gasteiger charge is 2.20. The van der Waals surface area contributed by atoms with Crippen LogP contribution in [0, 0.1) is 13.8 Å². The fraction of sp³-hybridized carbons (Fsp3) is 0.677. The zero-order chi connectivity index (χ0) is 26.6. The van der Waals surface area contributed by atoms with E-state index >= 15 is 0 Å². The molecule has 0 bridgehead atoms. The zero-order valence-electron chi connectivity index (χ0n) is 23.8. The Morgan fingerprint density at radius 3 is 1.70 bits per heavy atom. The van der Waals surface area contributed by atoms with Gasteiger partial charge in [0.15, 0.2) is 11.5 Å². The lowest BCUT2D eigenvalue weighted by molar-refractivity contribution is 0.522. The Kier molecular flexibility index (Phi) is 11.8. The Morgan fingerprint density at radius 1 is 0.676 bits per heavy atom. The Morgan fingerprint density at radius 2 is 1.16 bits per heavy atom.